The summed E-state index contributed by atoms with van der Waals surface area (Å²) in [4.78, 5) is 0. The molecule has 3 nitrogen and oxygen atoms in total. The molecule has 1 aromatic heterocycles. The fourth-order valence-electron chi connectivity index (χ4n) is 1.76. The molecule has 3 heteroatoms. The zero-order valence-electron chi connectivity index (χ0n) is 9.71. The molecule has 0 aliphatic rings. The number of benzene rings is 1. The van der Waals surface area contributed by atoms with Gasteiger partial charge in [0.05, 0.1) is 18.8 Å². The van der Waals surface area contributed by atoms with Crippen LogP contribution in [-0.2, 0) is 13.0 Å². The minimum absolute atomic E-state index is 0.615. The predicted octanol–water partition coefficient (Wildman–Crippen LogP) is 2.78. The standard InChI is InChI=1S/C14H15N3/c15-9-5-4-8-14-10-16-17(12-14)11-13-6-2-1-3-7-13/h1-3,6-7,10,12H,4-5,8,11H2. The summed E-state index contributed by atoms with van der Waals surface area (Å²) in [5.74, 6) is 0. The molecule has 17 heavy (non-hydrogen) atoms. The summed E-state index contributed by atoms with van der Waals surface area (Å²) in [5, 5.41) is 12.8. The summed E-state index contributed by atoms with van der Waals surface area (Å²) >= 11 is 0. The van der Waals surface area contributed by atoms with Crippen LogP contribution < -0.4 is 0 Å². The second-order valence-corrected chi connectivity index (χ2v) is 4.04. The molecule has 2 aromatic rings. The number of hydrogen-bond acceptors (Lipinski definition) is 2. The van der Waals surface area contributed by atoms with Crippen LogP contribution in [0, 0.1) is 11.3 Å². The first kappa shape index (κ1) is 11.4. The molecule has 0 unspecified atom stereocenters. The van der Waals surface area contributed by atoms with Gasteiger partial charge in [0.15, 0.2) is 0 Å². The van der Waals surface area contributed by atoms with Crippen LogP contribution in [-0.4, -0.2) is 9.78 Å². The molecule has 1 heterocycles. The van der Waals surface area contributed by atoms with Gasteiger partial charge in [-0.1, -0.05) is 30.3 Å². The smallest absolute Gasteiger partial charge is 0.0659 e. The second-order valence-electron chi connectivity index (χ2n) is 4.04. The van der Waals surface area contributed by atoms with E-state index in [9.17, 15) is 0 Å². The second kappa shape index (κ2) is 5.86. The lowest BCUT2D eigenvalue weighted by atomic mass is 10.2. The highest BCUT2D eigenvalue weighted by molar-refractivity contribution is 5.15. The molecule has 0 aliphatic heterocycles. The van der Waals surface area contributed by atoms with Crippen LogP contribution in [0.4, 0.5) is 0 Å². The average Bonchev–Trinajstić information content (AvgIpc) is 2.79. The predicted molar refractivity (Wildman–Crippen MR) is 66.3 cm³/mol. The summed E-state index contributed by atoms with van der Waals surface area (Å²) in [6.07, 6.45) is 6.41. The van der Waals surface area contributed by atoms with Crippen molar-refractivity contribution < 1.29 is 0 Å². The molecule has 0 saturated carbocycles. The largest absolute Gasteiger partial charge is 0.268 e. The van der Waals surface area contributed by atoms with Gasteiger partial charge >= 0.3 is 0 Å². The lowest BCUT2D eigenvalue weighted by Crippen LogP contribution is -1.99. The lowest BCUT2D eigenvalue weighted by molar-refractivity contribution is 0.685. The maximum atomic E-state index is 8.47. The highest BCUT2D eigenvalue weighted by Crippen LogP contribution is 2.06. The van der Waals surface area contributed by atoms with E-state index in [1.807, 2.05) is 29.1 Å². The van der Waals surface area contributed by atoms with Crippen molar-refractivity contribution >= 4 is 0 Å². The Hall–Kier alpha value is -2.08. The van der Waals surface area contributed by atoms with Crippen LogP contribution in [0.3, 0.4) is 0 Å². The molecule has 0 fully saturated rings. The Morgan fingerprint density at radius 1 is 1.18 bits per heavy atom. The van der Waals surface area contributed by atoms with Gasteiger partial charge in [-0.3, -0.25) is 4.68 Å². The van der Waals surface area contributed by atoms with Crippen LogP contribution in [0.15, 0.2) is 42.7 Å². The Morgan fingerprint density at radius 3 is 2.76 bits per heavy atom. The van der Waals surface area contributed by atoms with Crippen LogP contribution >= 0.6 is 0 Å². The molecule has 0 bridgehead atoms. The van der Waals surface area contributed by atoms with Crippen molar-refractivity contribution in [3.8, 4) is 6.07 Å². The molecule has 0 amide bonds. The molecule has 0 spiro atoms. The van der Waals surface area contributed by atoms with Gasteiger partial charge in [0.25, 0.3) is 0 Å². The van der Waals surface area contributed by atoms with Gasteiger partial charge in [-0.25, -0.2) is 0 Å². The minimum Gasteiger partial charge on any atom is -0.268 e. The summed E-state index contributed by atoms with van der Waals surface area (Å²) < 4.78 is 1.94. The quantitative estimate of drug-likeness (QED) is 0.734. The van der Waals surface area contributed by atoms with Gasteiger partial charge in [-0.05, 0) is 24.0 Å². The highest BCUT2D eigenvalue weighted by Gasteiger charge is 1.99. The van der Waals surface area contributed by atoms with Gasteiger partial charge in [-0.2, -0.15) is 10.4 Å². The molecule has 0 N–H and O–H groups in total. The summed E-state index contributed by atoms with van der Waals surface area (Å²) in [6.45, 7) is 0.805. The van der Waals surface area contributed by atoms with Gasteiger partial charge in [0.1, 0.15) is 0 Å². The SMILES string of the molecule is N#CCCCc1cnn(Cc2ccccc2)c1. The molecule has 0 atom stereocenters. The van der Waals surface area contributed by atoms with Gasteiger partial charge < -0.3 is 0 Å². The lowest BCUT2D eigenvalue weighted by Gasteiger charge is -2.00. The highest BCUT2D eigenvalue weighted by atomic mass is 15.3. The topological polar surface area (TPSA) is 41.6 Å². The van der Waals surface area contributed by atoms with E-state index in [-0.39, 0.29) is 0 Å². The fourth-order valence-corrected chi connectivity index (χ4v) is 1.76. The Kier molecular flexibility index (Phi) is 3.93. The van der Waals surface area contributed by atoms with Crippen molar-refractivity contribution in [3.63, 3.8) is 0 Å². The van der Waals surface area contributed by atoms with Crippen LogP contribution in [0.25, 0.3) is 0 Å². The Labute approximate surface area is 101 Å². The average molecular weight is 225 g/mol. The normalized spacial score (nSPS) is 10.1. The van der Waals surface area contributed by atoms with Crippen molar-refractivity contribution in [1.82, 2.24) is 9.78 Å². The fraction of sp³-hybridized carbons (Fsp3) is 0.286. The van der Waals surface area contributed by atoms with Crippen LogP contribution in [0.1, 0.15) is 24.0 Å². The van der Waals surface area contributed by atoms with Crippen LogP contribution in [0.2, 0.25) is 0 Å². The summed E-state index contributed by atoms with van der Waals surface area (Å²) in [7, 11) is 0. The van der Waals surface area contributed by atoms with Gasteiger partial charge in [0.2, 0.25) is 0 Å². The first-order valence-corrected chi connectivity index (χ1v) is 5.80. The number of rotatable bonds is 5. The number of nitriles is 1. The molecular weight excluding hydrogens is 210 g/mol. The molecule has 0 radical (unpaired) electrons. The molecule has 0 saturated heterocycles. The van der Waals surface area contributed by atoms with Crippen molar-refractivity contribution in [2.75, 3.05) is 0 Å². The van der Waals surface area contributed by atoms with Crippen molar-refractivity contribution in [3.05, 3.63) is 53.9 Å². The Morgan fingerprint density at radius 2 is 2.00 bits per heavy atom. The van der Waals surface area contributed by atoms with E-state index in [0.717, 1.165) is 19.4 Å². The Bertz CT molecular complexity index is 494. The number of aromatic nitrogens is 2. The van der Waals surface area contributed by atoms with Crippen LogP contribution in [0.5, 0.6) is 0 Å². The first-order valence-electron chi connectivity index (χ1n) is 5.80. The van der Waals surface area contributed by atoms with Crippen molar-refractivity contribution in [2.24, 2.45) is 0 Å². The third-order valence-corrected chi connectivity index (χ3v) is 2.63. The third kappa shape index (κ3) is 3.46. The van der Waals surface area contributed by atoms with E-state index in [0.29, 0.717) is 6.42 Å². The van der Waals surface area contributed by atoms with E-state index >= 15 is 0 Å². The van der Waals surface area contributed by atoms with E-state index in [1.54, 1.807) is 0 Å². The summed E-state index contributed by atoms with van der Waals surface area (Å²) in [5.41, 5.74) is 2.45. The van der Waals surface area contributed by atoms with Crippen molar-refractivity contribution in [2.45, 2.75) is 25.8 Å². The van der Waals surface area contributed by atoms with E-state index in [4.69, 9.17) is 5.26 Å². The molecule has 0 aliphatic carbocycles. The molecule has 2 rings (SSSR count). The van der Waals surface area contributed by atoms with Crippen molar-refractivity contribution in [1.29, 1.82) is 5.26 Å². The number of aryl methyl sites for hydroxylation is 1. The molecule has 1 aromatic carbocycles. The summed E-state index contributed by atoms with van der Waals surface area (Å²) in [6, 6.07) is 12.4. The minimum atomic E-state index is 0.615. The van der Waals surface area contributed by atoms with Gasteiger partial charge in [-0.15, -0.1) is 0 Å². The third-order valence-electron chi connectivity index (χ3n) is 2.63. The zero-order chi connectivity index (χ0) is 11.9. The number of unbranched alkanes of at least 4 members (excludes halogenated alkanes) is 1. The number of hydrogen-bond donors (Lipinski definition) is 0. The Balaban J connectivity index is 1.93. The maximum Gasteiger partial charge on any atom is 0.0659 e. The number of nitrogens with zero attached hydrogens (tertiary/aromatic N) is 3. The monoisotopic (exact) mass is 225 g/mol. The van der Waals surface area contributed by atoms with E-state index < -0.39 is 0 Å². The first-order chi connectivity index (χ1) is 8.38. The van der Waals surface area contributed by atoms with E-state index in [1.165, 1.54) is 11.1 Å². The van der Waals surface area contributed by atoms with Gasteiger partial charge in [0, 0.05) is 12.6 Å². The maximum absolute atomic E-state index is 8.47. The molecule has 86 valence electrons. The molecular formula is C14H15N3. The van der Waals surface area contributed by atoms with E-state index in [2.05, 4.69) is 29.5 Å². The zero-order valence-corrected chi connectivity index (χ0v) is 9.71.